The van der Waals surface area contributed by atoms with Crippen molar-refractivity contribution in [3.63, 3.8) is 0 Å². The Morgan fingerprint density at radius 1 is 0.920 bits per heavy atom. The fourth-order valence-corrected chi connectivity index (χ4v) is 2.83. The van der Waals surface area contributed by atoms with Crippen molar-refractivity contribution in [2.24, 2.45) is 5.10 Å². The van der Waals surface area contributed by atoms with Crippen LogP contribution in [-0.4, -0.2) is 12.8 Å². The summed E-state index contributed by atoms with van der Waals surface area (Å²) in [5.74, 6) is 0.835. The second-order valence-electron chi connectivity index (χ2n) is 5.54. The first kappa shape index (κ1) is 17.2. The molecule has 3 aromatic rings. The van der Waals surface area contributed by atoms with Crippen LogP contribution in [0.4, 0.5) is 5.69 Å². The topological polar surface area (TPSA) is 33.6 Å². The van der Waals surface area contributed by atoms with Gasteiger partial charge in [-0.2, -0.15) is 5.10 Å². The van der Waals surface area contributed by atoms with Crippen molar-refractivity contribution in [3.05, 3.63) is 94.5 Å². The minimum Gasteiger partial charge on any atom is -0.497 e. The van der Waals surface area contributed by atoms with Gasteiger partial charge in [-0.05, 0) is 63.5 Å². The minimum absolute atomic E-state index is 0.741. The van der Waals surface area contributed by atoms with Crippen LogP contribution in [0.15, 0.2) is 88.4 Å². The molecular formula is C21H19BrN2O. The van der Waals surface area contributed by atoms with E-state index in [-0.39, 0.29) is 0 Å². The Morgan fingerprint density at radius 2 is 1.60 bits per heavy atom. The van der Waals surface area contributed by atoms with Gasteiger partial charge in [0.25, 0.3) is 0 Å². The first-order valence-electron chi connectivity index (χ1n) is 8.02. The Hall–Kier alpha value is -2.59. The summed E-state index contributed by atoms with van der Waals surface area (Å²) in [6.07, 6.45) is 0.741. The highest BCUT2D eigenvalue weighted by Gasteiger charge is 2.07. The van der Waals surface area contributed by atoms with Gasteiger partial charge in [0.05, 0.1) is 18.5 Å². The Balaban J connectivity index is 1.90. The van der Waals surface area contributed by atoms with E-state index < -0.39 is 0 Å². The van der Waals surface area contributed by atoms with E-state index in [4.69, 9.17) is 4.74 Å². The molecule has 0 atom stereocenters. The zero-order chi connectivity index (χ0) is 17.5. The molecule has 0 aromatic heterocycles. The Kier molecular flexibility index (Phi) is 5.86. The zero-order valence-electron chi connectivity index (χ0n) is 13.9. The first-order valence-corrected chi connectivity index (χ1v) is 8.81. The number of hydrazone groups is 1. The molecule has 0 heterocycles. The second-order valence-corrected chi connectivity index (χ2v) is 6.40. The third-order valence-electron chi connectivity index (χ3n) is 3.82. The highest BCUT2D eigenvalue weighted by atomic mass is 79.9. The van der Waals surface area contributed by atoms with E-state index >= 15 is 0 Å². The monoisotopic (exact) mass is 394 g/mol. The maximum absolute atomic E-state index is 5.25. The van der Waals surface area contributed by atoms with Crippen LogP contribution in [0, 0.1) is 0 Å². The molecule has 126 valence electrons. The van der Waals surface area contributed by atoms with Crippen molar-refractivity contribution < 1.29 is 4.74 Å². The molecule has 3 rings (SSSR count). The third kappa shape index (κ3) is 4.70. The average Bonchev–Trinajstić information content (AvgIpc) is 2.67. The van der Waals surface area contributed by atoms with E-state index in [0.29, 0.717) is 0 Å². The summed E-state index contributed by atoms with van der Waals surface area (Å²) in [4.78, 5) is 0. The van der Waals surface area contributed by atoms with Gasteiger partial charge in [0.15, 0.2) is 0 Å². The van der Waals surface area contributed by atoms with Crippen molar-refractivity contribution in [2.45, 2.75) is 6.42 Å². The summed E-state index contributed by atoms with van der Waals surface area (Å²) in [5, 5.41) is 4.67. The summed E-state index contributed by atoms with van der Waals surface area (Å²) < 4.78 is 6.23. The van der Waals surface area contributed by atoms with Crippen LogP contribution in [0.3, 0.4) is 0 Å². The zero-order valence-corrected chi connectivity index (χ0v) is 15.5. The predicted molar refractivity (Wildman–Crippen MR) is 107 cm³/mol. The molecule has 0 spiro atoms. The molecule has 3 aromatic carbocycles. The lowest BCUT2D eigenvalue weighted by atomic mass is 10.0. The van der Waals surface area contributed by atoms with E-state index in [1.54, 1.807) is 7.11 Å². The number of hydrogen-bond donors (Lipinski definition) is 1. The predicted octanol–water partition coefficient (Wildman–Crippen LogP) is 5.52. The van der Waals surface area contributed by atoms with Crippen LogP contribution < -0.4 is 10.2 Å². The molecule has 3 nitrogen and oxygen atoms in total. The third-order valence-corrected chi connectivity index (χ3v) is 4.51. The van der Waals surface area contributed by atoms with Crippen molar-refractivity contribution in [3.8, 4) is 5.75 Å². The molecular weight excluding hydrogens is 376 g/mol. The quantitative estimate of drug-likeness (QED) is 0.441. The number of nitrogens with zero attached hydrogens (tertiary/aromatic N) is 1. The Bertz CT molecular complexity index is 845. The van der Waals surface area contributed by atoms with Gasteiger partial charge < -0.3 is 4.74 Å². The van der Waals surface area contributed by atoms with Crippen LogP contribution in [-0.2, 0) is 6.42 Å². The minimum atomic E-state index is 0.741. The molecule has 0 aliphatic carbocycles. The fraction of sp³-hybridized carbons (Fsp3) is 0.0952. The van der Waals surface area contributed by atoms with Gasteiger partial charge in [0.2, 0.25) is 0 Å². The van der Waals surface area contributed by atoms with Gasteiger partial charge in [0, 0.05) is 10.9 Å². The molecule has 0 bridgehead atoms. The number of benzene rings is 3. The summed E-state index contributed by atoms with van der Waals surface area (Å²) in [7, 11) is 1.67. The molecule has 1 N–H and O–H groups in total. The number of halogens is 1. The lowest BCUT2D eigenvalue weighted by Crippen LogP contribution is -2.08. The maximum atomic E-state index is 5.25. The second kappa shape index (κ2) is 8.49. The highest BCUT2D eigenvalue weighted by molar-refractivity contribution is 9.10. The number of methoxy groups -OCH3 is 1. The van der Waals surface area contributed by atoms with Gasteiger partial charge in [-0.15, -0.1) is 0 Å². The molecule has 0 fully saturated rings. The number of ether oxygens (including phenoxy) is 1. The Morgan fingerprint density at radius 3 is 2.28 bits per heavy atom. The molecule has 0 aliphatic rings. The van der Waals surface area contributed by atoms with Gasteiger partial charge in [-0.25, -0.2) is 0 Å². The van der Waals surface area contributed by atoms with E-state index in [1.807, 2.05) is 66.7 Å². The van der Waals surface area contributed by atoms with E-state index in [1.165, 1.54) is 5.56 Å². The maximum Gasteiger partial charge on any atom is 0.118 e. The van der Waals surface area contributed by atoms with E-state index in [9.17, 15) is 0 Å². The summed E-state index contributed by atoms with van der Waals surface area (Å²) in [5.41, 5.74) is 7.34. The number of hydrogen-bond acceptors (Lipinski definition) is 3. The van der Waals surface area contributed by atoms with E-state index in [2.05, 4.69) is 38.6 Å². The van der Waals surface area contributed by atoms with Crippen LogP contribution in [0.25, 0.3) is 0 Å². The van der Waals surface area contributed by atoms with Crippen LogP contribution in [0.1, 0.15) is 11.1 Å². The van der Waals surface area contributed by atoms with Crippen molar-refractivity contribution in [2.75, 3.05) is 12.5 Å². The van der Waals surface area contributed by atoms with Gasteiger partial charge >= 0.3 is 0 Å². The van der Waals surface area contributed by atoms with Crippen molar-refractivity contribution in [1.29, 1.82) is 0 Å². The van der Waals surface area contributed by atoms with Gasteiger partial charge in [-0.3, -0.25) is 5.43 Å². The van der Waals surface area contributed by atoms with Gasteiger partial charge in [-0.1, -0.05) is 42.5 Å². The molecule has 4 heteroatoms. The molecule has 0 radical (unpaired) electrons. The number of rotatable bonds is 6. The largest absolute Gasteiger partial charge is 0.497 e. The fourth-order valence-electron chi connectivity index (χ4n) is 2.46. The summed E-state index contributed by atoms with van der Waals surface area (Å²) >= 11 is 3.54. The highest BCUT2D eigenvalue weighted by Crippen LogP contribution is 2.22. The molecule has 0 unspecified atom stereocenters. The van der Waals surface area contributed by atoms with Crippen LogP contribution in [0.5, 0.6) is 5.75 Å². The molecule has 0 saturated heterocycles. The molecule has 0 saturated carbocycles. The van der Waals surface area contributed by atoms with E-state index in [0.717, 1.165) is 33.6 Å². The average molecular weight is 395 g/mol. The van der Waals surface area contributed by atoms with Crippen LogP contribution in [0.2, 0.25) is 0 Å². The van der Waals surface area contributed by atoms with Crippen molar-refractivity contribution >= 4 is 27.3 Å². The number of anilines is 1. The molecule has 25 heavy (non-hydrogen) atoms. The first-order chi connectivity index (χ1) is 12.3. The Labute approximate surface area is 156 Å². The van der Waals surface area contributed by atoms with Crippen molar-refractivity contribution in [1.82, 2.24) is 0 Å². The molecule has 0 amide bonds. The standard InChI is InChI=1S/C21H19BrN2O/c1-25-18-13-11-17(12-14-18)21(15-16-7-3-2-4-8-16)24-23-20-10-6-5-9-19(20)22/h2-14,23H,15H2,1H3. The smallest absolute Gasteiger partial charge is 0.118 e. The number of nitrogens with one attached hydrogen (secondary N) is 1. The lowest BCUT2D eigenvalue weighted by molar-refractivity contribution is 0.415. The van der Waals surface area contributed by atoms with Gasteiger partial charge in [0.1, 0.15) is 5.75 Å². The SMILES string of the molecule is COc1ccc(C(Cc2ccccc2)=NNc2ccccc2Br)cc1. The normalized spacial score (nSPS) is 11.2. The summed E-state index contributed by atoms with van der Waals surface area (Å²) in [6, 6.07) is 26.2. The molecule has 0 aliphatic heterocycles. The summed E-state index contributed by atoms with van der Waals surface area (Å²) in [6.45, 7) is 0. The van der Waals surface area contributed by atoms with Crippen LogP contribution >= 0.6 is 15.9 Å². The number of para-hydroxylation sites is 1. The lowest BCUT2D eigenvalue weighted by Gasteiger charge is -2.10.